The minimum atomic E-state index is -2.80. The van der Waals surface area contributed by atoms with Crippen molar-refractivity contribution >= 4 is 17.6 Å². The summed E-state index contributed by atoms with van der Waals surface area (Å²) in [5.74, 6) is -2.21. The number of nitrogens with zero attached hydrogens (tertiary/aromatic N) is 2. The number of nitrogens with two attached hydrogens (primary N) is 1. The lowest BCUT2D eigenvalue weighted by atomic mass is 10.0. The lowest BCUT2D eigenvalue weighted by molar-refractivity contribution is -0.134. The third kappa shape index (κ3) is 5.43. The predicted molar refractivity (Wildman–Crippen MR) is 106 cm³/mol. The van der Waals surface area contributed by atoms with Gasteiger partial charge in [0.1, 0.15) is 18.5 Å². The zero-order valence-electron chi connectivity index (χ0n) is 16.3. The van der Waals surface area contributed by atoms with Crippen LogP contribution in [0.4, 0.5) is 23.7 Å². The Morgan fingerprint density at radius 3 is 2.65 bits per heavy atom. The molecule has 1 unspecified atom stereocenters. The van der Waals surface area contributed by atoms with Gasteiger partial charge in [0.2, 0.25) is 0 Å². The molecule has 11 heteroatoms. The molecule has 8 nitrogen and oxygen atoms in total. The minimum Gasteiger partial charge on any atom is -0.362 e. The number of alkyl halides is 2. The van der Waals surface area contributed by atoms with Crippen molar-refractivity contribution in [3.8, 4) is 5.69 Å². The van der Waals surface area contributed by atoms with Crippen molar-refractivity contribution < 1.29 is 27.5 Å². The third-order valence-electron chi connectivity index (χ3n) is 4.94. The van der Waals surface area contributed by atoms with E-state index in [-0.39, 0.29) is 30.0 Å². The molecule has 1 aliphatic heterocycles. The highest BCUT2D eigenvalue weighted by Gasteiger charge is 2.36. The molecule has 31 heavy (non-hydrogen) atoms. The number of hydrogen-bond acceptors (Lipinski definition) is 4. The third-order valence-corrected chi connectivity index (χ3v) is 4.94. The highest BCUT2D eigenvalue weighted by molar-refractivity contribution is 5.94. The number of nitrogens with one attached hydrogen (secondary N) is 1. The van der Waals surface area contributed by atoms with E-state index in [4.69, 9.17) is 10.5 Å². The van der Waals surface area contributed by atoms with E-state index < -0.39 is 42.8 Å². The molecule has 2 atom stereocenters. The Morgan fingerprint density at radius 2 is 2.03 bits per heavy atom. The van der Waals surface area contributed by atoms with Gasteiger partial charge in [-0.15, -0.1) is 0 Å². The Bertz CT molecular complexity index is 1010. The highest BCUT2D eigenvalue weighted by atomic mass is 19.3. The molecule has 1 aromatic carbocycles. The molecule has 0 saturated carbocycles. The van der Waals surface area contributed by atoms with Gasteiger partial charge in [0.25, 0.3) is 17.9 Å². The summed E-state index contributed by atoms with van der Waals surface area (Å²) in [6.07, 6.45) is -2.34. The maximum atomic E-state index is 14.6. The lowest BCUT2D eigenvalue weighted by Crippen LogP contribution is -2.41. The number of carbonyl (C=O) groups is 2. The molecule has 166 valence electrons. The minimum absolute atomic E-state index is 0.0645. The van der Waals surface area contributed by atoms with Crippen molar-refractivity contribution in [2.24, 2.45) is 11.7 Å². The van der Waals surface area contributed by atoms with Crippen molar-refractivity contribution in [2.45, 2.75) is 19.0 Å². The Balaban J connectivity index is 1.77. The Labute approximate surface area is 175 Å². The average Bonchev–Trinajstić information content (AvgIpc) is 3.20. The topological polar surface area (TPSA) is 107 Å². The molecule has 3 rings (SSSR count). The van der Waals surface area contributed by atoms with Gasteiger partial charge in [-0.2, -0.15) is 0 Å². The fourth-order valence-corrected chi connectivity index (χ4v) is 3.44. The standard InChI is InChI=1S/C20H21F3N4O4/c21-14-9-13(27-7-2-1-3-17(27)28)4-5-15(14)25-19(29)18(31-11-16(22)23)12-6-8-26(10-12)20(24)30/h1-5,7,9,12,16,18H,6,8,10-11H2,(H2,24,30)(H,25,29)/t12-,18?/m0/s1. The van der Waals surface area contributed by atoms with E-state index in [0.29, 0.717) is 6.42 Å². The van der Waals surface area contributed by atoms with Crippen LogP contribution < -0.4 is 16.6 Å². The Kier molecular flexibility index (Phi) is 6.95. The summed E-state index contributed by atoms with van der Waals surface area (Å²) >= 11 is 0. The first-order valence-corrected chi connectivity index (χ1v) is 9.49. The smallest absolute Gasteiger partial charge is 0.314 e. The van der Waals surface area contributed by atoms with E-state index in [1.165, 1.54) is 33.9 Å². The number of rotatable bonds is 7. The van der Waals surface area contributed by atoms with Gasteiger partial charge >= 0.3 is 6.03 Å². The molecule has 3 N–H and O–H groups in total. The zero-order valence-corrected chi connectivity index (χ0v) is 16.3. The fraction of sp³-hybridized carbons (Fsp3) is 0.350. The summed E-state index contributed by atoms with van der Waals surface area (Å²) in [7, 11) is 0. The molecule has 0 radical (unpaired) electrons. The second-order valence-corrected chi connectivity index (χ2v) is 7.04. The predicted octanol–water partition coefficient (Wildman–Crippen LogP) is 1.97. The first-order chi connectivity index (χ1) is 14.8. The molecular formula is C20H21F3N4O4. The maximum absolute atomic E-state index is 14.6. The first-order valence-electron chi connectivity index (χ1n) is 9.49. The number of benzene rings is 1. The van der Waals surface area contributed by atoms with Crippen LogP contribution in [0.3, 0.4) is 0 Å². The number of carbonyl (C=O) groups excluding carboxylic acids is 2. The first kappa shape index (κ1) is 22.3. The van der Waals surface area contributed by atoms with Crippen LogP contribution in [-0.4, -0.2) is 53.6 Å². The summed E-state index contributed by atoms with van der Waals surface area (Å²) in [6.45, 7) is -0.658. The molecule has 1 saturated heterocycles. The second-order valence-electron chi connectivity index (χ2n) is 7.04. The number of primary amides is 1. The van der Waals surface area contributed by atoms with Crippen molar-refractivity contribution in [1.82, 2.24) is 9.47 Å². The largest absolute Gasteiger partial charge is 0.362 e. The molecule has 0 spiro atoms. The Morgan fingerprint density at radius 1 is 1.26 bits per heavy atom. The number of likely N-dealkylation sites (tertiary alicyclic amines) is 1. The molecule has 1 fully saturated rings. The molecule has 2 aromatic rings. The maximum Gasteiger partial charge on any atom is 0.314 e. The van der Waals surface area contributed by atoms with Gasteiger partial charge in [0, 0.05) is 37.3 Å². The van der Waals surface area contributed by atoms with Gasteiger partial charge in [0.05, 0.1) is 11.4 Å². The molecular weight excluding hydrogens is 417 g/mol. The summed E-state index contributed by atoms with van der Waals surface area (Å²) in [5.41, 5.74) is 4.91. The van der Waals surface area contributed by atoms with Crippen LogP contribution >= 0.6 is 0 Å². The van der Waals surface area contributed by atoms with Gasteiger partial charge in [-0.05, 0) is 24.6 Å². The van der Waals surface area contributed by atoms with Gasteiger partial charge < -0.3 is 20.7 Å². The number of amides is 3. The number of anilines is 1. The number of aromatic nitrogens is 1. The monoisotopic (exact) mass is 438 g/mol. The number of urea groups is 1. The normalized spacial score (nSPS) is 17.0. The zero-order chi connectivity index (χ0) is 22.5. The van der Waals surface area contributed by atoms with E-state index in [9.17, 15) is 27.6 Å². The summed E-state index contributed by atoms with van der Waals surface area (Å²) in [4.78, 5) is 37.2. The van der Waals surface area contributed by atoms with E-state index in [1.807, 2.05) is 0 Å². The van der Waals surface area contributed by atoms with Crippen LogP contribution in [0.25, 0.3) is 5.69 Å². The van der Waals surface area contributed by atoms with Crippen LogP contribution in [0.1, 0.15) is 6.42 Å². The molecule has 0 aliphatic carbocycles. The van der Waals surface area contributed by atoms with Gasteiger partial charge in [-0.1, -0.05) is 6.07 Å². The van der Waals surface area contributed by atoms with E-state index >= 15 is 0 Å². The quantitative estimate of drug-likeness (QED) is 0.689. The van der Waals surface area contributed by atoms with Crippen LogP contribution in [0.5, 0.6) is 0 Å². The van der Waals surface area contributed by atoms with Crippen molar-refractivity contribution in [3.63, 3.8) is 0 Å². The van der Waals surface area contributed by atoms with E-state index in [2.05, 4.69) is 5.32 Å². The molecule has 3 amide bonds. The van der Waals surface area contributed by atoms with Crippen LogP contribution in [0.2, 0.25) is 0 Å². The van der Waals surface area contributed by atoms with Gasteiger partial charge in [-0.25, -0.2) is 18.0 Å². The molecule has 1 aromatic heterocycles. The number of pyridine rings is 1. The molecule has 0 bridgehead atoms. The second kappa shape index (κ2) is 9.65. The van der Waals surface area contributed by atoms with Crippen LogP contribution in [0.15, 0.2) is 47.4 Å². The molecule has 2 heterocycles. The van der Waals surface area contributed by atoms with Gasteiger partial charge in [-0.3, -0.25) is 14.2 Å². The number of halogens is 3. The Hall–Kier alpha value is -3.34. The lowest BCUT2D eigenvalue weighted by Gasteiger charge is -2.23. The molecule has 1 aliphatic rings. The van der Waals surface area contributed by atoms with E-state index in [0.717, 1.165) is 6.07 Å². The number of hydrogen-bond donors (Lipinski definition) is 2. The summed E-state index contributed by atoms with van der Waals surface area (Å²) in [5, 5.41) is 2.34. The summed E-state index contributed by atoms with van der Waals surface area (Å²) in [6, 6.07) is 7.54. The fourth-order valence-electron chi connectivity index (χ4n) is 3.44. The van der Waals surface area contributed by atoms with Crippen LogP contribution in [-0.2, 0) is 9.53 Å². The summed E-state index contributed by atoms with van der Waals surface area (Å²) < 4.78 is 46.2. The van der Waals surface area contributed by atoms with E-state index in [1.54, 1.807) is 12.1 Å². The SMILES string of the molecule is NC(=O)N1CC[C@H](C(OCC(F)F)C(=O)Nc2ccc(-n3ccccc3=O)cc2F)C1. The van der Waals surface area contributed by atoms with Crippen molar-refractivity contribution in [3.05, 3.63) is 58.8 Å². The average molecular weight is 438 g/mol. The van der Waals surface area contributed by atoms with Crippen molar-refractivity contribution in [1.29, 1.82) is 0 Å². The van der Waals surface area contributed by atoms with Gasteiger partial charge in [0.15, 0.2) is 0 Å². The van der Waals surface area contributed by atoms with Crippen LogP contribution in [0, 0.1) is 11.7 Å². The highest BCUT2D eigenvalue weighted by Crippen LogP contribution is 2.25. The number of ether oxygens (including phenoxy) is 1. The van der Waals surface area contributed by atoms with Crippen molar-refractivity contribution in [2.75, 3.05) is 25.0 Å².